The molecule has 0 bridgehead atoms. The van der Waals surface area contributed by atoms with Crippen molar-refractivity contribution < 1.29 is 14.3 Å². The van der Waals surface area contributed by atoms with Crippen LogP contribution in [0.3, 0.4) is 0 Å². The summed E-state index contributed by atoms with van der Waals surface area (Å²) in [5.41, 5.74) is 1.91. The summed E-state index contributed by atoms with van der Waals surface area (Å²) in [7, 11) is 0. The Kier molecular flexibility index (Phi) is 5.53. The number of amides is 3. The van der Waals surface area contributed by atoms with Gasteiger partial charge >= 0.3 is 6.03 Å². The van der Waals surface area contributed by atoms with Gasteiger partial charge in [0.15, 0.2) is 0 Å². The molecule has 1 aromatic heterocycles. The molecule has 2 unspecified atom stereocenters. The Balaban J connectivity index is 1.38. The van der Waals surface area contributed by atoms with Crippen LogP contribution in [-0.2, 0) is 9.53 Å². The number of carbonyl (C=O) groups is 2. The Morgan fingerprint density at radius 2 is 2.11 bits per heavy atom. The van der Waals surface area contributed by atoms with Gasteiger partial charge in [-0.3, -0.25) is 10.1 Å². The monoisotopic (exact) mass is 380 g/mol. The van der Waals surface area contributed by atoms with Gasteiger partial charge < -0.3 is 15.0 Å². The SMILES string of the molecule is O=C(NCC1CCCO1)Nc1cc(N2CC(c3ccccc3)CC2=O)ccn1. The van der Waals surface area contributed by atoms with Crippen LogP contribution in [0.2, 0.25) is 0 Å². The molecular formula is C21H24N4O3. The Hall–Kier alpha value is -2.93. The van der Waals surface area contributed by atoms with Crippen molar-refractivity contribution in [2.24, 2.45) is 0 Å². The summed E-state index contributed by atoms with van der Waals surface area (Å²) < 4.78 is 5.50. The van der Waals surface area contributed by atoms with Crippen molar-refractivity contribution in [2.75, 3.05) is 29.9 Å². The predicted octanol–water partition coefficient (Wildman–Crippen LogP) is 2.90. The van der Waals surface area contributed by atoms with Crippen molar-refractivity contribution in [3.05, 3.63) is 54.2 Å². The number of nitrogens with zero attached hydrogens (tertiary/aromatic N) is 2. The van der Waals surface area contributed by atoms with E-state index in [0.29, 0.717) is 25.3 Å². The molecule has 2 aromatic rings. The lowest BCUT2D eigenvalue weighted by atomic mass is 9.99. The first-order valence-electron chi connectivity index (χ1n) is 9.67. The van der Waals surface area contributed by atoms with Gasteiger partial charge in [-0.25, -0.2) is 9.78 Å². The van der Waals surface area contributed by atoms with Gasteiger partial charge in [-0.15, -0.1) is 0 Å². The van der Waals surface area contributed by atoms with E-state index in [2.05, 4.69) is 27.8 Å². The molecule has 2 fully saturated rings. The minimum atomic E-state index is -0.324. The van der Waals surface area contributed by atoms with E-state index in [-0.39, 0.29) is 24.0 Å². The summed E-state index contributed by atoms with van der Waals surface area (Å²) in [4.78, 5) is 30.6. The van der Waals surface area contributed by atoms with Crippen LogP contribution in [-0.4, -0.2) is 42.7 Å². The molecule has 1 aromatic carbocycles. The molecule has 3 heterocycles. The van der Waals surface area contributed by atoms with E-state index in [1.54, 1.807) is 23.2 Å². The average Bonchev–Trinajstić information content (AvgIpc) is 3.37. The van der Waals surface area contributed by atoms with E-state index < -0.39 is 0 Å². The maximum atomic E-state index is 12.5. The van der Waals surface area contributed by atoms with Crippen molar-refractivity contribution in [3.8, 4) is 0 Å². The number of carbonyl (C=O) groups excluding carboxylic acids is 2. The predicted molar refractivity (Wildman–Crippen MR) is 106 cm³/mol. The van der Waals surface area contributed by atoms with Crippen molar-refractivity contribution >= 4 is 23.4 Å². The third-order valence-electron chi connectivity index (χ3n) is 5.21. The molecule has 0 spiro atoms. The van der Waals surface area contributed by atoms with Crippen molar-refractivity contribution in [1.82, 2.24) is 10.3 Å². The second-order valence-electron chi connectivity index (χ2n) is 7.19. The number of nitrogens with one attached hydrogen (secondary N) is 2. The zero-order valence-electron chi connectivity index (χ0n) is 15.6. The second-order valence-corrected chi connectivity index (χ2v) is 7.19. The van der Waals surface area contributed by atoms with Crippen LogP contribution in [0.15, 0.2) is 48.7 Å². The number of rotatable bonds is 5. The highest BCUT2D eigenvalue weighted by Crippen LogP contribution is 2.32. The Labute approximate surface area is 164 Å². The minimum Gasteiger partial charge on any atom is -0.376 e. The normalized spacial score (nSPS) is 21.7. The molecule has 0 saturated carbocycles. The molecular weight excluding hydrogens is 356 g/mol. The van der Waals surface area contributed by atoms with Gasteiger partial charge in [0, 0.05) is 50.0 Å². The first kappa shape index (κ1) is 18.4. The highest BCUT2D eigenvalue weighted by molar-refractivity contribution is 5.97. The van der Waals surface area contributed by atoms with Crippen molar-refractivity contribution in [2.45, 2.75) is 31.3 Å². The lowest BCUT2D eigenvalue weighted by Gasteiger charge is -2.18. The number of hydrogen-bond acceptors (Lipinski definition) is 4. The molecule has 146 valence electrons. The van der Waals surface area contributed by atoms with E-state index >= 15 is 0 Å². The molecule has 3 amide bonds. The van der Waals surface area contributed by atoms with Crippen LogP contribution >= 0.6 is 0 Å². The number of urea groups is 1. The lowest BCUT2D eigenvalue weighted by molar-refractivity contribution is -0.117. The minimum absolute atomic E-state index is 0.0776. The van der Waals surface area contributed by atoms with E-state index in [9.17, 15) is 9.59 Å². The van der Waals surface area contributed by atoms with Crippen molar-refractivity contribution in [3.63, 3.8) is 0 Å². The fourth-order valence-corrected chi connectivity index (χ4v) is 3.73. The molecule has 4 rings (SSSR count). The van der Waals surface area contributed by atoms with Crippen LogP contribution in [0.25, 0.3) is 0 Å². The molecule has 2 saturated heterocycles. The Morgan fingerprint density at radius 3 is 2.89 bits per heavy atom. The second kappa shape index (κ2) is 8.39. The molecule has 2 N–H and O–H groups in total. The summed E-state index contributed by atoms with van der Waals surface area (Å²) in [5.74, 6) is 0.667. The summed E-state index contributed by atoms with van der Waals surface area (Å²) >= 11 is 0. The van der Waals surface area contributed by atoms with Crippen LogP contribution in [0, 0.1) is 0 Å². The first-order valence-corrected chi connectivity index (χ1v) is 9.67. The summed E-state index contributed by atoms with van der Waals surface area (Å²) in [5, 5.41) is 5.54. The third-order valence-corrected chi connectivity index (χ3v) is 5.21. The van der Waals surface area contributed by atoms with Gasteiger partial charge in [-0.05, 0) is 24.5 Å². The largest absolute Gasteiger partial charge is 0.376 e. The van der Waals surface area contributed by atoms with E-state index in [4.69, 9.17) is 4.74 Å². The average molecular weight is 380 g/mol. The van der Waals surface area contributed by atoms with Gasteiger partial charge in [0.1, 0.15) is 5.82 Å². The molecule has 2 aliphatic heterocycles. The fraction of sp³-hybridized carbons (Fsp3) is 0.381. The number of hydrogen-bond donors (Lipinski definition) is 2. The number of ether oxygens (including phenoxy) is 1. The van der Waals surface area contributed by atoms with Gasteiger partial charge in [0.25, 0.3) is 0 Å². The summed E-state index contributed by atoms with van der Waals surface area (Å²) in [6.07, 6.45) is 4.17. The molecule has 28 heavy (non-hydrogen) atoms. The van der Waals surface area contributed by atoms with Gasteiger partial charge in [0.2, 0.25) is 5.91 Å². The number of pyridine rings is 1. The summed E-state index contributed by atoms with van der Waals surface area (Å²) in [6.45, 7) is 1.86. The zero-order valence-corrected chi connectivity index (χ0v) is 15.6. The molecule has 2 aliphatic rings. The quantitative estimate of drug-likeness (QED) is 0.835. The fourth-order valence-electron chi connectivity index (χ4n) is 3.73. The maximum Gasteiger partial charge on any atom is 0.320 e. The lowest BCUT2D eigenvalue weighted by Crippen LogP contribution is -2.35. The van der Waals surface area contributed by atoms with Crippen LogP contribution in [0.1, 0.15) is 30.7 Å². The van der Waals surface area contributed by atoms with Gasteiger partial charge in [-0.1, -0.05) is 30.3 Å². The summed E-state index contributed by atoms with van der Waals surface area (Å²) in [6, 6.07) is 13.3. The standard InChI is InChI=1S/C21H24N4O3/c26-20-11-16(15-5-2-1-3-6-15)14-25(20)17-8-9-22-19(12-17)24-21(27)23-13-18-7-4-10-28-18/h1-3,5-6,8-9,12,16,18H,4,7,10-11,13-14H2,(H2,22,23,24,27). The van der Waals surface area contributed by atoms with Crippen molar-refractivity contribution in [1.29, 1.82) is 0 Å². The molecule has 0 radical (unpaired) electrons. The third kappa shape index (κ3) is 4.31. The first-order chi connectivity index (χ1) is 13.7. The molecule has 7 nitrogen and oxygen atoms in total. The molecule has 7 heteroatoms. The van der Waals surface area contributed by atoms with Crippen LogP contribution in [0.5, 0.6) is 0 Å². The van der Waals surface area contributed by atoms with Crippen LogP contribution in [0.4, 0.5) is 16.3 Å². The molecule has 2 atom stereocenters. The smallest absolute Gasteiger partial charge is 0.320 e. The van der Waals surface area contributed by atoms with E-state index in [1.165, 1.54) is 5.56 Å². The van der Waals surface area contributed by atoms with E-state index in [1.807, 2.05) is 18.2 Å². The molecule has 0 aliphatic carbocycles. The van der Waals surface area contributed by atoms with E-state index in [0.717, 1.165) is 25.1 Å². The highest BCUT2D eigenvalue weighted by atomic mass is 16.5. The zero-order chi connectivity index (χ0) is 19.3. The topological polar surface area (TPSA) is 83.6 Å². The Bertz CT molecular complexity index is 837. The maximum absolute atomic E-state index is 12.5. The van der Waals surface area contributed by atoms with Crippen LogP contribution < -0.4 is 15.5 Å². The number of aromatic nitrogens is 1. The number of benzene rings is 1. The van der Waals surface area contributed by atoms with Gasteiger partial charge in [-0.2, -0.15) is 0 Å². The highest BCUT2D eigenvalue weighted by Gasteiger charge is 2.31. The number of anilines is 2. The van der Waals surface area contributed by atoms with Gasteiger partial charge in [0.05, 0.1) is 6.10 Å². The Morgan fingerprint density at radius 1 is 1.25 bits per heavy atom.